The summed E-state index contributed by atoms with van der Waals surface area (Å²) >= 11 is -4.38. The Balaban J connectivity index is 1.86. The van der Waals surface area contributed by atoms with Gasteiger partial charge in [0.15, 0.2) is 0 Å². The van der Waals surface area contributed by atoms with Crippen molar-refractivity contribution < 1.29 is 54.9 Å². The van der Waals surface area contributed by atoms with Gasteiger partial charge in [0.2, 0.25) is 0 Å². The predicted molar refractivity (Wildman–Crippen MR) is 129 cm³/mol. The van der Waals surface area contributed by atoms with Crippen molar-refractivity contribution in [3.63, 3.8) is 0 Å². The van der Waals surface area contributed by atoms with E-state index < -0.39 is 59.1 Å². The second kappa shape index (κ2) is 9.65. The monoisotopic (exact) mass is 698 g/mol. The standard InChI is InChI=1S/C23H12F9IO5S/c24-20(25,22(28,29)30)21(26,27)23(31,32)39(35,36)38-33(13-6-2-1-3-7-13)14-10-11-18-16(12-14)19(34)15-8-4-5-9-17(15)37-18/h1-12H. The van der Waals surface area contributed by atoms with Crippen LogP contribution in [0.1, 0.15) is 0 Å². The minimum absolute atomic E-state index is 0.0316. The van der Waals surface area contributed by atoms with Crippen LogP contribution in [0.15, 0.2) is 82.0 Å². The van der Waals surface area contributed by atoms with Crippen molar-refractivity contribution in [1.82, 2.24) is 0 Å². The van der Waals surface area contributed by atoms with Crippen molar-refractivity contribution in [3.8, 4) is 0 Å². The van der Waals surface area contributed by atoms with Gasteiger partial charge in [0, 0.05) is 0 Å². The molecular formula is C23H12F9IO5S. The molecular weight excluding hydrogens is 686 g/mol. The number of alkyl halides is 9. The van der Waals surface area contributed by atoms with Crippen LogP contribution in [0, 0.1) is 7.14 Å². The number of fused-ring (bicyclic) bond motifs is 2. The van der Waals surface area contributed by atoms with Crippen molar-refractivity contribution >= 4 is 52.3 Å². The summed E-state index contributed by atoms with van der Waals surface area (Å²) in [5.41, 5.74) is -0.495. The molecule has 0 saturated carbocycles. The van der Waals surface area contributed by atoms with Crippen LogP contribution in [-0.4, -0.2) is 31.7 Å². The van der Waals surface area contributed by atoms with E-state index in [-0.39, 0.29) is 29.1 Å². The zero-order valence-corrected chi connectivity index (χ0v) is 21.6. The van der Waals surface area contributed by atoms with Gasteiger partial charge < -0.3 is 0 Å². The molecule has 4 aromatic rings. The number of benzene rings is 3. The third-order valence-corrected chi connectivity index (χ3v) is 12.6. The number of hydrogen-bond donors (Lipinski definition) is 0. The SMILES string of the molecule is O=c1c2ccccc2oc2ccc(I(OS(=O)(=O)C(F)(F)C(F)(F)C(F)(F)C(F)(F)F)c3ccccc3)cc12. The first-order valence-electron chi connectivity index (χ1n) is 10.3. The maximum absolute atomic E-state index is 14.4. The predicted octanol–water partition coefficient (Wildman–Crippen LogP) is 7.18. The van der Waals surface area contributed by atoms with Gasteiger partial charge in [-0.3, -0.25) is 0 Å². The van der Waals surface area contributed by atoms with Crippen LogP contribution in [0.25, 0.3) is 21.9 Å². The summed E-state index contributed by atoms with van der Waals surface area (Å²) in [4.78, 5) is 13.0. The van der Waals surface area contributed by atoms with Crippen LogP contribution in [0.4, 0.5) is 39.5 Å². The van der Waals surface area contributed by atoms with Gasteiger partial charge in [0.05, 0.1) is 0 Å². The molecule has 0 fully saturated rings. The topological polar surface area (TPSA) is 73.6 Å². The first kappa shape index (κ1) is 29.1. The third kappa shape index (κ3) is 4.75. The molecule has 3 aromatic carbocycles. The molecule has 0 aliphatic rings. The number of para-hydroxylation sites is 1. The van der Waals surface area contributed by atoms with Gasteiger partial charge >= 0.3 is 221 Å². The Morgan fingerprint density at radius 2 is 1.23 bits per heavy atom. The normalized spacial score (nSPS) is 14.1. The Kier molecular flexibility index (Phi) is 7.21. The molecule has 1 heterocycles. The second-order valence-corrected chi connectivity index (χ2v) is 14.3. The third-order valence-electron chi connectivity index (χ3n) is 5.24. The fourth-order valence-electron chi connectivity index (χ4n) is 3.25. The van der Waals surface area contributed by atoms with E-state index >= 15 is 0 Å². The summed E-state index contributed by atoms with van der Waals surface area (Å²) < 4.78 is 155. The van der Waals surface area contributed by atoms with Gasteiger partial charge in [-0.05, 0) is 0 Å². The van der Waals surface area contributed by atoms with Gasteiger partial charge in [-0.15, -0.1) is 0 Å². The Morgan fingerprint density at radius 1 is 0.667 bits per heavy atom. The first-order valence-corrected chi connectivity index (χ1v) is 14.7. The summed E-state index contributed by atoms with van der Waals surface area (Å²) in [6, 6.07) is 15.4. The molecule has 1 aromatic heterocycles. The molecule has 210 valence electrons. The summed E-state index contributed by atoms with van der Waals surface area (Å²) in [5, 5.41) is -7.13. The molecule has 0 saturated heterocycles. The minimum atomic E-state index is -7.45. The molecule has 16 heteroatoms. The second-order valence-electron chi connectivity index (χ2n) is 7.79. The van der Waals surface area contributed by atoms with E-state index in [4.69, 9.17) is 4.42 Å². The summed E-state index contributed by atoms with van der Waals surface area (Å²) in [6.07, 6.45) is -7.22. The van der Waals surface area contributed by atoms with E-state index in [2.05, 4.69) is 2.51 Å². The van der Waals surface area contributed by atoms with E-state index in [1.807, 2.05) is 0 Å². The Labute approximate surface area is 220 Å². The molecule has 4 rings (SSSR count). The first-order chi connectivity index (χ1) is 17.9. The summed E-state index contributed by atoms with van der Waals surface area (Å²) in [5.74, 6) is -14.9. The fourth-order valence-corrected chi connectivity index (χ4v) is 10.3. The van der Waals surface area contributed by atoms with Crippen LogP contribution >= 0.6 is 20.2 Å². The molecule has 0 amide bonds. The van der Waals surface area contributed by atoms with E-state index in [9.17, 15) is 52.7 Å². The summed E-state index contributed by atoms with van der Waals surface area (Å²) in [6.45, 7) is 0. The molecule has 0 aliphatic carbocycles. The average molecular weight is 698 g/mol. The molecule has 0 N–H and O–H groups in total. The average Bonchev–Trinajstić information content (AvgIpc) is 2.87. The molecule has 5 nitrogen and oxygen atoms in total. The van der Waals surface area contributed by atoms with E-state index in [0.717, 1.165) is 30.3 Å². The zero-order chi connectivity index (χ0) is 29.0. The van der Waals surface area contributed by atoms with E-state index in [1.54, 1.807) is 6.07 Å². The van der Waals surface area contributed by atoms with Crippen LogP contribution < -0.4 is 5.43 Å². The molecule has 0 aliphatic heterocycles. The summed E-state index contributed by atoms with van der Waals surface area (Å²) in [7, 11) is -7.15. The van der Waals surface area contributed by atoms with Crippen LogP contribution in [0.2, 0.25) is 0 Å². The zero-order valence-electron chi connectivity index (χ0n) is 18.7. The van der Waals surface area contributed by atoms with Gasteiger partial charge in [-0.1, -0.05) is 0 Å². The van der Waals surface area contributed by atoms with Crippen molar-refractivity contribution in [1.29, 1.82) is 0 Å². The molecule has 0 spiro atoms. The molecule has 39 heavy (non-hydrogen) atoms. The molecule has 0 atom stereocenters. The van der Waals surface area contributed by atoms with Crippen LogP contribution in [-0.2, 0) is 12.6 Å². The quantitative estimate of drug-likeness (QED) is 0.116. The van der Waals surface area contributed by atoms with Crippen molar-refractivity contribution in [3.05, 3.63) is 90.2 Å². The Hall–Kier alpha value is -2.86. The van der Waals surface area contributed by atoms with Gasteiger partial charge in [0.25, 0.3) is 0 Å². The molecule has 0 unspecified atom stereocenters. The van der Waals surface area contributed by atoms with Gasteiger partial charge in [-0.25, -0.2) is 0 Å². The van der Waals surface area contributed by atoms with Crippen molar-refractivity contribution in [2.45, 2.75) is 23.3 Å². The molecule has 0 radical (unpaired) electrons. The Bertz CT molecular complexity index is 1700. The Morgan fingerprint density at radius 3 is 1.85 bits per heavy atom. The fraction of sp³-hybridized carbons (Fsp3) is 0.174. The number of halogens is 10. The van der Waals surface area contributed by atoms with Crippen LogP contribution in [0.5, 0.6) is 0 Å². The van der Waals surface area contributed by atoms with Crippen molar-refractivity contribution in [2.75, 3.05) is 0 Å². The number of rotatable bonds is 7. The van der Waals surface area contributed by atoms with E-state index in [1.165, 1.54) is 36.4 Å². The van der Waals surface area contributed by atoms with Crippen LogP contribution in [0.3, 0.4) is 0 Å². The maximum atomic E-state index is 14.4. The van der Waals surface area contributed by atoms with Gasteiger partial charge in [0.1, 0.15) is 0 Å². The van der Waals surface area contributed by atoms with Crippen molar-refractivity contribution in [2.24, 2.45) is 0 Å². The number of hydrogen-bond acceptors (Lipinski definition) is 5. The molecule has 0 bridgehead atoms. The van der Waals surface area contributed by atoms with Gasteiger partial charge in [-0.2, -0.15) is 0 Å². The van der Waals surface area contributed by atoms with E-state index in [0.29, 0.717) is 0 Å².